The zero-order chi connectivity index (χ0) is 16.1. The Bertz CT molecular complexity index is 639. The molecule has 6 heteroatoms. The Labute approximate surface area is 134 Å². The number of aliphatic hydroxyl groups excluding tert-OH is 1. The van der Waals surface area contributed by atoms with Crippen LogP contribution in [0.2, 0.25) is 0 Å². The van der Waals surface area contributed by atoms with Gasteiger partial charge in [0.2, 0.25) is 0 Å². The third-order valence-corrected chi connectivity index (χ3v) is 3.64. The molecule has 1 amide bonds. The summed E-state index contributed by atoms with van der Waals surface area (Å²) in [6.45, 7) is 1.83. The summed E-state index contributed by atoms with van der Waals surface area (Å²) in [5.41, 5.74) is 0. The molecule has 0 saturated carbocycles. The lowest BCUT2D eigenvalue weighted by molar-refractivity contribution is 0.0691. The van der Waals surface area contributed by atoms with Gasteiger partial charge in [-0.15, -0.1) is 0 Å². The predicted octanol–water partition coefficient (Wildman–Crippen LogP) is 2.15. The van der Waals surface area contributed by atoms with Gasteiger partial charge in [-0.05, 0) is 18.2 Å². The number of nitrogens with zero attached hydrogens (tertiary/aromatic N) is 1. The molecule has 1 aliphatic heterocycles. The number of amides is 1. The molecule has 1 atom stereocenters. The van der Waals surface area contributed by atoms with E-state index in [4.69, 9.17) is 13.9 Å². The van der Waals surface area contributed by atoms with Gasteiger partial charge in [-0.2, -0.15) is 0 Å². The molecule has 1 aromatic heterocycles. The number of para-hydroxylation sites is 1. The molecular weight excluding hydrogens is 298 g/mol. The van der Waals surface area contributed by atoms with Gasteiger partial charge in [0.25, 0.3) is 11.9 Å². The summed E-state index contributed by atoms with van der Waals surface area (Å²) in [5.74, 6) is 0.830. The van der Waals surface area contributed by atoms with Crippen LogP contribution >= 0.6 is 0 Å². The van der Waals surface area contributed by atoms with E-state index in [-0.39, 0.29) is 30.1 Å². The van der Waals surface area contributed by atoms with E-state index in [2.05, 4.69) is 0 Å². The molecule has 1 aromatic carbocycles. The third-order valence-electron chi connectivity index (χ3n) is 3.64. The molecule has 1 aliphatic rings. The Kier molecular flexibility index (Phi) is 4.95. The van der Waals surface area contributed by atoms with Crippen LogP contribution in [0, 0.1) is 5.92 Å². The fourth-order valence-corrected chi connectivity index (χ4v) is 2.43. The highest BCUT2D eigenvalue weighted by atomic mass is 16.6. The van der Waals surface area contributed by atoms with Crippen LogP contribution in [-0.4, -0.2) is 48.8 Å². The van der Waals surface area contributed by atoms with E-state index < -0.39 is 0 Å². The van der Waals surface area contributed by atoms with Gasteiger partial charge in [0.15, 0.2) is 5.76 Å². The number of carbonyl (C=O) groups excluding carboxylic acids is 1. The van der Waals surface area contributed by atoms with Crippen molar-refractivity contribution in [2.24, 2.45) is 5.92 Å². The number of rotatable bonds is 4. The normalized spacial score (nSPS) is 18.5. The summed E-state index contributed by atoms with van der Waals surface area (Å²) in [6, 6.07) is 12.4. The zero-order valence-electron chi connectivity index (χ0n) is 12.7. The SMILES string of the molecule is O=C(c1ccc(Oc2ccccc2)o1)N1CCOC[C@@H](CO)C1. The van der Waals surface area contributed by atoms with E-state index >= 15 is 0 Å². The molecule has 6 nitrogen and oxygen atoms in total. The summed E-state index contributed by atoms with van der Waals surface area (Å²) in [4.78, 5) is 14.2. The molecular formula is C17H19NO5. The van der Waals surface area contributed by atoms with Crippen molar-refractivity contribution < 1.29 is 23.8 Å². The van der Waals surface area contributed by atoms with Gasteiger partial charge in [0, 0.05) is 31.7 Å². The minimum Gasteiger partial charge on any atom is -0.426 e. The Morgan fingerprint density at radius 3 is 2.87 bits per heavy atom. The predicted molar refractivity (Wildman–Crippen MR) is 82.5 cm³/mol. The number of hydrogen-bond acceptors (Lipinski definition) is 5. The quantitative estimate of drug-likeness (QED) is 0.935. The largest absolute Gasteiger partial charge is 0.426 e. The summed E-state index contributed by atoms with van der Waals surface area (Å²) < 4.78 is 16.4. The van der Waals surface area contributed by atoms with E-state index in [0.29, 0.717) is 32.1 Å². The number of benzene rings is 1. The van der Waals surface area contributed by atoms with Gasteiger partial charge >= 0.3 is 0 Å². The van der Waals surface area contributed by atoms with Crippen LogP contribution in [0.25, 0.3) is 0 Å². The van der Waals surface area contributed by atoms with E-state index in [1.54, 1.807) is 17.0 Å². The van der Waals surface area contributed by atoms with Crippen LogP contribution in [0.5, 0.6) is 11.7 Å². The first-order chi connectivity index (χ1) is 11.3. The van der Waals surface area contributed by atoms with Crippen LogP contribution in [-0.2, 0) is 4.74 Å². The Hall–Kier alpha value is -2.31. The highest BCUT2D eigenvalue weighted by Gasteiger charge is 2.25. The fraction of sp³-hybridized carbons (Fsp3) is 0.353. The van der Waals surface area contributed by atoms with Crippen molar-refractivity contribution >= 4 is 5.91 Å². The van der Waals surface area contributed by atoms with Gasteiger partial charge in [0.1, 0.15) is 5.75 Å². The standard InChI is InChI=1S/C17H19NO5/c19-11-13-10-18(8-9-21-12-13)17(20)15-6-7-16(23-15)22-14-4-2-1-3-5-14/h1-7,13,19H,8-12H2/t13-/m1/s1. The minimum atomic E-state index is -0.225. The van der Waals surface area contributed by atoms with Gasteiger partial charge in [-0.1, -0.05) is 18.2 Å². The monoisotopic (exact) mass is 317 g/mol. The Morgan fingerprint density at radius 2 is 2.09 bits per heavy atom. The number of aliphatic hydroxyl groups is 1. The molecule has 1 N–H and O–H groups in total. The molecule has 0 unspecified atom stereocenters. The van der Waals surface area contributed by atoms with Crippen LogP contribution in [0.4, 0.5) is 0 Å². The van der Waals surface area contributed by atoms with Crippen molar-refractivity contribution in [2.75, 3.05) is 32.9 Å². The van der Waals surface area contributed by atoms with Crippen LogP contribution < -0.4 is 4.74 Å². The fourth-order valence-electron chi connectivity index (χ4n) is 2.43. The minimum absolute atomic E-state index is 0.00962. The topological polar surface area (TPSA) is 72.1 Å². The molecule has 0 aliphatic carbocycles. The summed E-state index contributed by atoms with van der Waals surface area (Å²) in [5, 5.41) is 9.29. The smallest absolute Gasteiger partial charge is 0.290 e. The molecule has 2 heterocycles. The second-order valence-corrected chi connectivity index (χ2v) is 5.41. The van der Waals surface area contributed by atoms with E-state index in [1.807, 2.05) is 30.3 Å². The molecule has 0 bridgehead atoms. The second kappa shape index (κ2) is 7.30. The van der Waals surface area contributed by atoms with Gasteiger partial charge in [-0.3, -0.25) is 4.79 Å². The van der Waals surface area contributed by atoms with Crippen LogP contribution in [0.15, 0.2) is 46.9 Å². The van der Waals surface area contributed by atoms with Crippen LogP contribution in [0.1, 0.15) is 10.6 Å². The number of carbonyl (C=O) groups is 1. The van der Waals surface area contributed by atoms with Gasteiger partial charge in [0.05, 0.1) is 13.2 Å². The Balaban J connectivity index is 1.68. The van der Waals surface area contributed by atoms with Crippen molar-refractivity contribution in [3.63, 3.8) is 0 Å². The maximum atomic E-state index is 12.5. The lowest BCUT2D eigenvalue weighted by atomic mass is 10.1. The average Bonchev–Trinajstić information content (AvgIpc) is 2.91. The number of hydrogen-bond donors (Lipinski definition) is 1. The van der Waals surface area contributed by atoms with E-state index in [0.717, 1.165) is 0 Å². The Morgan fingerprint density at radius 1 is 1.26 bits per heavy atom. The number of furan rings is 1. The molecule has 1 saturated heterocycles. The molecule has 0 spiro atoms. The summed E-state index contributed by atoms with van der Waals surface area (Å²) >= 11 is 0. The summed E-state index contributed by atoms with van der Waals surface area (Å²) in [7, 11) is 0. The first-order valence-corrected chi connectivity index (χ1v) is 7.57. The molecule has 23 heavy (non-hydrogen) atoms. The highest BCUT2D eigenvalue weighted by molar-refractivity contribution is 5.91. The van der Waals surface area contributed by atoms with Crippen molar-refractivity contribution in [1.29, 1.82) is 0 Å². The van der Waals surface area contributed by atoms with Crippen molar-refractivity contribution in [2.45, 2.75) is 0 Å². The van der Waals surface area contributed by atoms with Crippen molar-refractivity contribution in [1.82, 2.24) is 4.90 Å². The zero-order valence-corrected chi connectivity index (χ0v) is 12.7. The lowest BCUT2D eigenvalue weighted by Crippen LogP contribution is -2.36. The maximum absolute atomic E-state index is 12.5. The van der Waals surface area contributed by atoms with Crippen LogP contribution in [0.3, 0.4) is 0 Å². The first kappa shape index (κ1) is 15.6. The molecule has 2 aromatic rings. The van der Waals surface area contributed by atoms with E-state index in [1.165, 1.54) is 0 Å². The highest BCUT2D eigenvalue weighted by Crippen LogP contribution is 2.24. The summed E-state index contributed by atoms with van der Waals surface area (Å²) in [6.07, 6.45) is 0. The van der Waals surface area contributed by atoms with Crippen molar-refractivity contribution in [3.8, 4) is 11.7 Å². The number of ether oxygens (including phenoxy) is 2. The first-order valence-electron chi connectivity index (χ1n) is 7.57. The van der Waals surface area contributed by atoms with E-state index in [9.17, 15) is 9.90 Å². The molecule has 0 radical (unpaired) electrons. The van der Waals surface area contributed by atoms with Gasteiger partial charge < -0.3 is 23.9 Å². The third kappa shape index (κ3) is 3.91. The molecule has 1 fully saturated rings. The lowest BCUT2D eigenvalue weighted by Gasteiger charge is -2.21. The average molecular weight is 317 g/mol. The van der Waals surface area contributed by atoms with Crippen molar-refractivity contribution in [3.05, 3.63) is 48.2 Å². The molecule has 122 valence electrons. The maximum Gasteiger partial charge on any atom is 0.290 e. The molecule has 3 rings (SSSR count). The van der Waals surface area contributed by atoms with Gasteiger partial charge in [-0.25, -0.2) is 0 Å². The second-order valence-electron chi connectivity index (χ2n) is 5.41.